The molecule has 108 valence electrons. The Kier molecular flexibility index (Phi) is 4.69. The van der Waals surface area contributed by atoms with E-state index in [0.717, 1.165) is 37.1 Å². The first-order valence-corrected chi connectivity index (χ1v) is 7.51. The average molecular weight is 264 g/mol. The highest BCUT2D eigenvalue weighted by Gasteiger charge is 2.24. The summed E-state index contributed by atoms with van der Waals surface area (Å²) in [5.41, 5.74) is 0.133. The predicted molar refractivity (Wildman–Crippen MR) is 79.0 cm³/mol. The van der Waals surface area contributed by atoms with Gasteiger partial charge in [0.15, 0.2) is 0 Å². The average Bonchev–Trinajstić information content (AvgIpc) is 3.03. The zero-order chi connectivity index (χ0) is 13.9. The minimum Gasteiger partial charge on any atom is -0.463 e. The predicted octanol–water partition coefficient (Wildman–Crippen LogP) is 3.40. The van der Waals surface area contributed by atoms with Gasteiger partial charge in [-0.25, -0.2) is 0 Å². The van der Waals surface area contributed by atoms with E-state index >= 15 is 0 Å². The lowest BCUT2D eigenvalue weighted by atomic mass is 10.1. The van der Waals surface area contributed by atoms with Gasteiger partial charge in [-0.15, -0.1) is 0 Å². The molecule has 3 nitrogen and oxygen atoms in total. The molecule has 0 saturated heterocycles. The monoisotopic (exact) mass is 264 g/mol. The van der Waals surface area contributed by atoms with Crippen LogP contribution in [0.1, 0.15) is 52.1 Å². The summed E-state index contributed by atoms with van der Waals surface area (Å²) in [6, 6.07) is 4.22. The lowest BCUT2D eigenvalue weighted by Gasteiger charge is -2.20. The van der Waals surface area contributed by atoms with Gasteiger partial charge in [-0.1, -0.05) is 6.92 Å². The molecule has 0 bridgehead atoms. The molecule has 1 N–H and O–H groups in total. The lowest BCUT2D eigenvalue weighted by Crippen LogP contribution is -2.34. The van der Waals surface area contributed by atoms with Crippen molar-refractivity contribution in [3.63, 3.8) is 0 Å². The second kappa shape index (κ2) is 6.10. The SMILES string of the molecule is CCN(Cc1ccc(CNC(C)(C)C)o1)CC1CC1. The van der Waals surface area contributed by atoms with Gasteiger partial charge >= 0.3 is 0 Å². The summed E-state index contributed by atoms with van der Waals surface area (Å²) in [7, 11) is 0. The van der Waals surface area contributed by atoms with Crippen LogP contribution >= 0.6 is 0 Å². The highest BCUT2D eigenvalue weighted by molar-refractivity contribution is 5.07. The largest absolute Gasteiger partial charge is 0.463 e. The Hall–Kier alpha value is -0.800. The van der Waals surface area contributed by atoms with E-state index in [0.29, 0.717) is 0 Å². The molecule has 0 aliphatic heterocycles. The molecule has 0 aromatic carbocycles. The molecular formula is C16H28N2O. The number of rotatable bonds is 7. The summed E-state index contributed by atoms with van der Waals surface area (Å²) in [5.74, 6) is 3.07. The van der Waals surface area contributed by atoms with Crippen LogP contribution in [-0.4, -0.2) is 23.5 Å². The number of furan rings is 1. The van der Waals surface area contributed by atoms with Crippen molar-refractivity contribution in [2.75, 3.05) is 13.1 Å². The summed E-state index contributed by atoms with van der Waals surface area (Å²) in [5, 5.41) is 3.45. The Balaban J connectivity index is 1.81. The Labute approximate surface area is 117 Å². The molecule has 1 aromatic rings. The zero-order valence-electron chi connectivity index (χ0n) is 12.8. The normalized spacial score (nSPS) is 16.3. The van der Waals surface area contributed by atoms with Gasteiger partial charge in [0.05, 0.1) is 13.1 Å². The van der Waals surface area contributed by atoms with Gasteiger partial charge in [-0.2, -0.15) is 0 Å². The van der Waals surface area contributed by atoms with E-state index in [2.05, 4.69) is 50.0 Å². The summed E-state index contributed by atoms with van der Waals surface area (Å²) < 4.78 is 5.91. The fourth-order valence-electron chi connectivity index (χ4n) is 2.15. The molecule has 0 unspecified atom stereocenters. The van der Waals surface area contributed by atoms with Crippen LogP contribution in [0.4, 0.5) is 0 Å². The molecule has 1 aromatic heterocycles. The van der Waals surface area contributed by atoms with Crippen LogP contribution in [0.25, 0.3) is 0 Å². The van der Waals surface area contributed by atoms with Crippen molar-refractivity contribution in [2.45, 2.75) is 59.2 Å². The lowest BCUT2D eigenvalue weighted by molar-refractivity contribution is 0.242. The maximum atomic E-state index is 5.91. The van der Waals surface area contributed by atoms with Crippen molar-refractivity contribution in [1.82, 2.24) is 10.2 Å². The first-order valence-electron chi connectivity index (χ1n) is 7.51. The molecule has 0 radical (unpaired) electrons. The molecule has 1 saturated carbocycles. The van der Waals surface area contributed by atoms with Crippen LogP contribution in [0.2, 0.25) is 0 Å². The minimum atomic E-state index is 0.133. The van der Waals surface area contributed by atoms with E-state index in [1.165, 1.54) is 19.4 Å². The van der Waals surface area contributed by atoms with Crippen molar-refractivity contribution in [1.29, 1.82) is 0 Å². The molecule has 2 rings (SSSR count). The Morgan fingerprint density at radius 2 is 1.95 bits per heavy atom. The van der Waals surface area contributed by atoms with Gasteiger partial charge in [0, 0.05) is 12.1 Å². The number of nitrogens with zero attached hydrogens (tertiary/aromatic N) is 1. The number of hydrogen-bond acceptors (Lipinski definition) is 3. The maximum Gasteiger partial charge on any atom is 0.118 e. The molecule has 19 heavy (non-hydrogen) atoms. The standard InChI is InChI=1S/C16H28N2O/c1-5-18(11-13-6-7-13)12-15-9-8-14(19-15)10-17-16(2,3)4/h8-9,13,17H,5-7,10-12H2,1-4H3. The highest BCUT2D eigenvalue weighted by Crippen LogP contribution is 2.30. The quantitative estimate of drug-likeness (QED) is 0.818. The minimum absolute atomic E-state index is 0.133. The first-order chi connectivity index (χ1) is 8.96. The Morgan fingerprint density at radius 3 is 2.53 bits per heavy atom. The molecule has 3 heteroatoms. The van der Waals surface area contributed by atoms with E-state index in [9.17, 15) is 0 Å². The van der Waals surface area contributed by atoms with Gasteiger partial charge < -0.3 is 9.73 Å². The third kappa shape index (κ3) is 5.37. The molecule has 1 aliphatic rings. The number of hydrogen-bond donors (Lipinski definition) is 1. The van der Waals surface area contributed by atoms with E-state index in [1.54, 1.807) is 0 Å². The van der Waals surface area contributed by atoms with Crippen LogP contribution in [-0.2, 0) is 13.1 Å². The van der Waals surface area contributed by atoms with E-state index in [4.69, 9.17) is 4.42 Å². The van der Waals surface area contributed by atoms with Crippen molar-refractivity contribution < 1.29 is 4.42 Å². The van der Waals surface area contributed by atoms with Gasteiger partial charge in [0.1, 0.15) is 11.5 Å². The topological polar surface area (TPSA) is 28.4 Å². The third-order valence-corrected chi connectivity index (χ3v) is 3.55. The van der Waals surface area contributed by atoms with Crippen molar-refractivity contribution in [3.05, 3.63) is 23.7 Å². The van der Waals surface area contributed by atoms with Crippen molar-refractivity contribution in [2.24, 2.45) is 5.92 Å². The fourth-order valence-corrected chi connectivity index (χ4v) is 2.15. The molecule has 0 amide bonds. The Bertz CT molecular complexity index is 388. The summed E-state index contributed by atoms with van der Waals surface area (Å²) in [6.07, 6.45) is 2.82. The summed E-state index contributed by atoms with van der Waals surface area (Å²) >= 11 is 0. The van der Waals surface area contributed by atoms with Gasteiger partial charge in [0.25, 0.3) is 0 Å². The van der Waals surface area contributed by atoms with E-state index in [-0.39, 0.29) is 5.54 Å². The first kappa shape index (κ1) is 14.6. The van der Waals surface area contributed by atoms with Crippen molar-refractivity contribution in [3.8, 4) is 0 Å². The maximum absolute atomic E-state index is 5.91. The molecule has 0 spiro atoms. The second-order valence-electron chi connectivity index (χ2n) is 6.74. The third-order valence-electron chi connectivity index (χ3n) is 3.55. The molecule has 0 atom stereocenters. The van der Waals surface area contributed by atoms with E-state index < -0.39 is 0 Å². The van der Waals surface area contributed by atoms with Crippen LogP contribution in [0, 0.1) is 5.92 Å². The summed E-state index contributed by atoms with van der Waals surface area (Å²) in [4.78, 5) is 2.48. The highest BCUT2D eigenvalue weighted by atomic mass is 16.3. The van der Waals surface area contributed by atoms with Gasteiger partial charge in [-0.05, 0) is 58.2 Å². The molecule has 1 aliphatic carbocycles. The second-order valence-corrected chi connectivity index (χ2v) is 6.74. The van der Waals surface area contributed by atoms with Crippen molar-refractivity contribution >= 4 is 0 Å². The molecular weight excluding hydrogens is 236 g/mol. The fraction of sp³-hybridized carbons (Fsp3) is 0.750. The number of nitrogens with one attached hydrogen (secondary N) is 1. The van der Waals surface area contributed by atoms with Crippen LogP contribution in [0.5, 0.6) is 0 Å². The van der Waals surface area contributed by atoms with E-state index in [1.807, 2.05) is 0 Å². The zero-order valence-corrected chi connectivity index (χ0v) is 12.8. The van der Waals surface area contributed by atoms with Crippen LogP contribution < -0.4 is 5.32 Å². The van der Waals surface area contributed by atoms with Crippen LogP contribution in [0.15, 0.2) is 16.5 Å². The van der Waals surface area contributed by atoms with Gasteiger partial charge in [0.2, 0.25) is 0 Å². The molecule has 1 heterocycles. The van der Waals surface area contributed by atoms with Gasteiger partial charge in [-0.3, -0.25) is 4.90 Å². The summed E-state index contributed by atoms with van der Waals surface area (Å²) in [6.45, 7) is 12.8. The molecule has 1 fully saturated rings. The Morgan fingerprint density at radius 1 is 1.26 bits per heavy atom. The smallest absolute Gasteiger partial charge is 0.118 e. The van der Waals surface area contributed by atoms with Crippen LogP contribution in [0.3, 0.4) is 0 Å².